The summed E-state index contributed by atoms with van der Waals surface area (Å²) >= 11 is 5.61. The van der Waals surface area contributed by atoms with Crippen LogP contribution >= 0.6 is 11.6 Å². The van der Waals surface area contributed by atoms with E-state index in [9.17, 15) is 0 Å². The molecule has 0 spiro atoms. The van der Waals surface area contributed by atoms with E-state index in [1.807, 2.05) is 13.0 Å². The molecule has 1 N–H and O–H groups in total. The van der Waals surface area contributed by atoms with E-state index >= 15 is 0 Å². The van der Waals surface area contributed by atoms with Gasteiger partial charge in [0.25, 0.3) is 0 Å². The van der Waals surface area contributed by atoms with E-state index in [4.69, 9.17) is 11.6 Å². The fourth-order valence-electron chi connectivity index (χ4n) is 0.585. The van der Waals surface area contributed by atoms with Crippen LogP contribution in [0.1, 0.15) is 13.8 Å². The molecule has 1 nitrogen and oxygen atoms in total. The summed E-state index contributed by atoms with van der Waals surface area (Å²) in [6, 6.07) is 0. The number of rotatable bonds is 5. The molecule has 0 heterocycles. The molecule has 0 aliphatic carbocycles. The van der Waals surface area contributed by atoms with Gasteiger partial charge >= 0.3 is 0 Å². The number of allylic oxidation sites excluding steroid dienone is 1. The first-order valence-corrected chi connectivity index (χ1v) is 4.22. The first-order chi connectivity index (χ1) is 4.81. The average molecular weight is 162 g/mol. The number of hydrogen-bond acceptors (Lipinski definition) is 1. The molecule has 0 fully saturated rings. The number of nitrogens with one attached hydrogen (secondary N) is 1. The van der Waals surface area contributed by atoms with Crippen LogP contribution in [-0.4, -0.2) is 19.0 Å². The summed E-state index contributed by atoms with van der Waals surface area (Å²) in [5, 5.41) is 3.27. The molecule has 0 saturated heterocycles. The Hall–Kier alpha value is -0.0100. The summed E-state index contributed by atoms with van der Waals surface area (Å²) in [6.07, 6.45) is 4.14. The van der Waals surface area contributed by atoms with Crippen molar-refractivity contribution in [3.05, 3.63) is 12.2 Å². The lowest BCUT2D eigenvalue weighted by Gasteiger charge is -2.06. The second-order valence-corrected chi connectivity index (χ2v) is 2.80. The molecule has 0 rings (SSSR count). The van der Waals surface area contributed by atoms with E-state index in [1.54, 1.807) is 0 Å². The van der Waals surface area contributed by atoms with Crippen LogP contribution in [0.25, 0.3) is 0 Å². The summed E-state index contributed by atoms with van der Waals surface area (Å²) in [7, 11) is 0. The van der Waals surface area contributed by atoms with Crippen molar-refractivity contribution in [2.45, 2.75) is 13.8 Å². The van der Waals surface area contributed by atoms with Crippen molar-refractivity contribution in [1.29, 1.82) is 0 Å². The fraction of sp³-hybridized carbons (Fsp3) is 0.750. The van der Waals surface area contributed by atoms with Gasteiger partial charge < -0.3 is 5.32 Å². The Kier molecular flexibility index (Phi) is 7.09. The topological polar surface area (TPSA) is 12.0 Å². The van der Waals surface area contributed by atoms with Crippen LogP contribution < -0.4 is 5.32 Å². The van der Waals surface area contributed by atoms with Gasteiger partial charge in [0.05, 0.1) is 0 Å². The summed E-state index contributed by atoms with van der Waals surface area (Å²) in [5.41, 5.74) is 0. The molecule has 1 atom stereocenters. The Morgan fingerprint density at radius 2 is 2.30 bits per heavy atom. The fourth-order valence-corrected chi connectivity index (χ4v) is 0.695. The molecule has 0 bridgehead atoms. The van der Waals surface area contributed by atoms with Crippen molar-refractivity contribution in [2.75, 3.05) is 19.0 Å². The van der Waals surface area contributed by atoms with Gasteiger partial charge in [0.2, 0.25) is 0 Å². The second-order valence-electron chi connectivity index (χ2n) is 2.49. The Bertz CT molecular complexity index is 91.3. The third kappa shape index (κ3) is 6.12. The van der Waals surface area contributed by atoms with E-state index in [0.29, 0.717) is 5.92 Å². The minimum atomic E-state index is 0.576. The van der Waals surface area contributed by atoms with Crippen molar-refractivity contribution < 1.29 is 0 Å². The maximum absolute atomic E-state index is 5.61. The third-order valence-electron chi connectivity index (χ3n) is 1.25. The van der Waals surface area contributed by atoms with E-state index < -0.39 is 0 Å². The van der Waals surface area contributed by atoms with E-state index in [1.165, 1.54) is 0 Å². The van der Waals surface area contributed by atoms with Gasteiger partial charge in [-0.05, 0) is 19.4 Å². The van der Waals surface area contributed by atoms with Crippen LogP contribution in [-0.2, 0) is 0 Å². The van der Waals surface area contributed by atoms with Gasteiger partial charge in [0.1, 0.15) is 0 Å². The molecule has 0 saturated carbocycles. The number of alkyl halides is 1. The van der Waals surface area contributed by atoms with Gasteiger partial charge in [0, 0.05) is 12.4 Å². The molecule has 0 aliphatic rings. The summed E-state index contributed by atoms with van der Waals surface area (Å²) in [4.78, 5) is 0. The van der Waals surface area contributed by atoms with Gasteiger partial charge in [-0.15, -0.1) is 11.6 Å². The van der Waals surface area contributed by atoms with Crippen LogP contribution in [0.4, 0.5) is 0 Å². The third-order valence-corrected chi connectivity index (χ3v) is 1.78. The van der Waals surface area contributed by atoms with Gasteiger partial charge in [-0.25, -0.2) is 0 Å². The lowest BCUT2D eigenvalue weighted by molar-refractivity contribution is 0.582. The SMILES string of the molecule is C/C=C/CNCC(C)CCl. The lowest BCUT2D eigenvalue weighted by atomic mass is 10.2. The molecule has 10 heavy (non-hydrogen) atoms. The van der Waals surface area contributed by atoms with Crippen molar-refractivity contribution in [2.24, 2.45) is 5.92 Å². The van der Waals surface area contributed by atoms with Crippen molar-refractivity contribution in [3.8, 4) is 0 Å². The second kappa shape index (κ2) is 7.10. The van der Waals surface area contributed by atoms with Gasteiger partial charge in [-0.2, -0.15) is 0 Å². The zero-order valence-corrected chi connectivity index (χ0v) is 7.49. The van der Waals surface area contributed by atoms with Gasteiger partial charge in [-0.3, -0.25) is 0 Å². The summed E-state index contributed by atoms with van der Waals surface area (Å²) in [6.45, 7) is 6.12. The molecular weight excluding hydrogens is 146 g/mol. The maximum atomic E-state index is 5.61. The normalized spacial score (nSPS) is 14.3. The van der Waals surface area contributed by atoms with Crippen molar-refractivity contribution >= 4 is 11.6 Å². The standard InChI is InChI=1S/C8H16ClN/c1-3-4-5-10-7-8(2)6-9/h3-4,8,10H,5-7H2,1-2H3/b4-3+. The van der Waals surface area contributed by atoms with E-state index in [-0.39, 0.29) is 0 Å². The first-order valence-electron chi connectivity index (χ1n) is 3.69. The van der Waals surface area contributed by atoms with E-state index in [0.717, 1.165) is 19.0 Å². The zero-order valence-electron chi connectivity index (χ0n) is 6.73. The largest absolute Gasteiger partial charge is 0.313 e. The Morgan fingerprint density at radius 3 is 2.80 bits per heavy atom. The molecule has 0 aromatic rings. The highest BCUT2D eigenvalue weighted by Gasteiger charge is 1.95. The highest BCUT2D eigenvalue weighted by Crippen LogP contribution is 1.94. The molecule has 2 heteroatoms. The van der Waals surface area contributed by atoms with Crippen LogP contribution in [0.3, 0.4) is 0 Å². The first kappa shape index (κ1) is 9.99. The number of halogens is 1. The number of hydrogen-bond donors (Lipinski definition) is 1. The van der Waals surface area contributed by atoms with Crippen molar-refractivity contribution in [1.82, 2.24) is 5.32 Å². The molecule has 60 valence electrons. The predicted octanol–water partition coefficient (Wildman–Crippen LogP) is 2.03. The quantitative estimate of drug-likeness (QED) is 0.370. The molecule has 1 unspecified atom stereocenters. The predicted molar refractivity (Wildman–Crippen MR) is 47.6 cm³/mol. The smallest absolute Gasteiger partial charge is 0.0261 e. The summed E-state index contributed by atoms with van der Waals surface area (Å²) < 4.78 is 0. The molecule has 0 aliphatic heterocycles. The highest BCUT2D eigenvalue weighted by atomic mass is 35.5. The van der Waals surface area contributed by atoms with Crippen LogP contribution in [0.5, 0.6) is 0 Å². The van der Waals surface area contributed by atoms with E-state index in [2.05, 4.69) is 18.3 Å². The zero-order chi connectivity index (χ0) is 7.82. The average Bonchev–Trinajstić information content (AvgIpc) is 1.98. The molecule has 0 aromatic heterocycles. The molecule has 0 amide bonds. The molecule has 0 radical (unpaired) electrons. The van der Waals surface area contributed by atoms with Crippen molar-refractivity contribution in [3.63, 3.8) is 0 Å². The monoisotopic (exact) mass is 161 g/mol. The Labute approximate surface area is 68.5 Å². The Balaban J connectivity index is 3.03. The van der Waals surface area contributed by atoms with Gasteiger partial charge in [-0.1, -0.05) is 19.1 Å². The molecule has 0 aromatic carbocycles. The van der Waals surface area contributed by atoms with Crippen LogP contribution in [0, 0.1) is 5.92 Å². The Morgan fingerprint density at radius 1 is 1.60 bits per heavy atom. The van der Waals surface area contributed by atoms with Crippen LogP contribution in [0.2, 0.25) is 0 Å². The minimum Gasteiger partial charge on any atom is -0.313 e. The minimum absolute atomic E-state index is 0.576. The van der Waals surface area contributed by atoms with Crippen LogP contribution in [0.15, 0.2) is 12.2 Å². The highest BCUT2D eigenvalue weighted by molar-refractivity contribution is 6.18. The summed E-state index contributed by atoms with van der Waals surface area (Å²) in [5.74, 6) is 1.31. The maximum Gasteiger partial charge on any atom is 0.0261 e. The lowest BCUT2D eigenvalue weighted by Crippen LogP contribution is -2.21. The van der Waals surface area contributed by atoms with Gasteiger partial charge in [0.15, 0.2) is 0 Å². The molecular formula is C8H16ClN.